The molecule has 192 valence electrons. The first-order chi connectivity index (χ1) is 18.6. The van der Waals surface area contributed by atoms with Crippen molar-refractivity contribution in [3.63, 3.8) is 0 Å². The second-order valence-electron chi connectivity index (χ2n) is 8.95. The van der Waals surface area contributed by atoms with Crippen molar-refractivity contribution in [2.75, 3.05) is 31.5 Å². The average Bonchev–Trinajstić information content (AvgIpc) is 2.94. The second kappa shape index (κ2) is 12.0. The molecule has 8 heteroatoms. The zero-order chi connectivity index (χ0) is 26.3. The molecule has 2 heterocycles. The van der Waals surface area contributed by atoms with Gasteiger partial charge in [-0.3, -0.25) is 4.98 Å². The van der Waals surface area contributed by atoms with Crippen molar-refractivity contribution in [1.29, 1.82) is 0 Å². The second-order valence-corrected chi connectivity index (χ2v) is 9.36. The van der Waals surface area contributed by atoms with Gasteiger partial charge in [0, 0.05) is 71.9 Å². The van der Waals surface area contributed by atoms with E-state index in [0.29, 0.717) is 17.9 Å². The lowest BCUT2D eigenvalue weighted by Gasteiger charge is -2.12. The number of benzene rings is 3. The molecular weight excluding hydrogens is 498 g/mol. The molecular formula is C30H28ClN5O2. The molecule has 4 N–H and O–H groups in total. The van der Waals surface area contributed by atoms with Gasteiger partial charge < -0.3 is 21.1 Å². The van der Waals surface area contributed by atoms with Crippen LogP contribution in [0.25, 0.3) is 32.8 Å². The number of hydrogen-bond donors (Lipinski definition) is 4. The number of hydrogen-bond acceptors (Lipinski definition) is 6. The normalized spacial score (nSPS) is 11.2. The van der Waals surface area contributed by atoms with Crippen LogP contribution in [-0.4, -0.2) is 47.2 Å². The number of aromatic nitrogens is 2. The van der Waals surface area contributed by atoms with Gasteiger partial charge in [0.1, 0.15) is 5.82 Å². The Morgan fingerprint density at radius 3 is 2.47 bits per heavy atom. The lowest BCUT2D eigenvalue weighted by molar-refractivity contribution is 0.0697. The number of aromatic carboxylic acids is 1. The fourth-order valence-corrected chi connectivity index (χ4v) is 4.75. The number of carbonyl (C=O) groups is 1. The molecule has 0 aliphatic carbocycles. The van der Waals surface area contributed by atoms with E-state index in [-0.39, 0.29) is 5.56 Å². The number of anilines is 1. The highest BCUT2D eigenvalue weighted by Gasteiger charge is 2.11. The first kappa shape index (κ1) is 25.6. The van der Waals surface area contributed by atoms with Crippen LogP contribution in [0.5, 0.6) is 0 Å². The van der Waals surface area contributed by atoms with Crippen LogP contribution in [0.1, 0.15) is 15.9 Å². The van der Waals surface area contributed by atoms with E-state index in [1.54, 1.807) is 30.6 Å². The van der Waals surface area contributed by atoms with Crippen molar-refractivity contribution in [1.82, 2.24) is 20.6 Å². The molecule has 0 saturated heterocycles. The van der Waals surface area contributed by atoms with E-state index in [1.165, 1.54) is 0 Å². The Labute approximate surface area is 225 Å². The van der Waals surface area contributed by atoms with Crippen molar-refractivity contribution in [3.05, 3.63) is 101 Å². The standard InChI is InChI=1S/C30H28ClN5O2/c31-27-16-20(6-8-23(27)21-4-2-1-3-5-21)18-34-13-12-32-14-15-35-29-25-10-11-33-19-26(25)24-9-7-22(30(37)38)17-28(24)36-29/h1-11,16-17,19,32,34H,12-15,18H2,(H,35,36)(H,37,38). The van der Waals surface area contributed by atoms with Crippen molar-refractivity contribution in [2.24, 2.45) is 0 Å². The van der Waals surface area contributed by atoms with E-state index in [1.807, 2.05) is 30.3 Å². The zero-order valence-electron chi connectivity index (χ0n) is 20.7. The Morgan fingerprint density at radius 2 is 1.66 bits per heavy atom. The molecule has 0 aliphatic heterocycles. The molecule has 0 saturated carbocycles. The number of nitrogens with zero attached hydrogens (tertiary/aromatic N) is 2. The third kappa shape index (κ3) is 5.92. The number of fused-ring (bicyclic) bond motifs is 3. The van der Waals surface area contributed by atoms with Crippen LogP contribution >= 0.6 is 11.6 Å². The molecule has 0 atom stereocenters. The number of halogens is 1. The molecule has 0 fully saturated rings. The van der Waals surface area contributed by atoms with E-state index in [9.17, 15) is 9.90 Å². The first-order valence-electron chi connectivity index (χ1n) is 12.5. The average molecular weight is 526 g/mol. The molecule has 0 bridgehead atoms. The fourth-order valence-electron chi connectivity index (χ4n) is 4.44. The van der Waals surface area contributed by atoms with Crippen molar-refractivity contribution in [3.8, 4) is 11.1 Å². The predicted molar refractivity (Wildman–Crippen MR) is 154 cm³/mol. The summed E-state index contributed by atoms with van der Waals surface area (Å²) in [6.45, 7) is 3.80. The summed E-state index contributed by atoms with van der Waals surface area (Å²) in [6, 6.07) is 23.2. The van der Waals surface area contributed by atoms with Gasteiger partial charge >= 0.3 is 5.97 Å². The minimum atomic E-state index is -0.973. The van der Waals surface area contributed by atoms with Gasteiger partial charge in [-0.15, -0.1) is 0 Å². The molecule has 5 aromatic rings. The smallest absolute Gasteiger partial charge is 0.335 e. The van der Waals surface area contributed by atoms with Gasteiger partial charge in [0.2, 0.25) is 0 Å². The number of carboxylic acid groups (broad SMARTS) is 1. The quantitative estimate of drug-likeness (QED) is 0.132. The Bertz CT molecular complexity index is 1580. The molecule has 0 aliphatic rings. The van der Waals surface area contributed by atoms with Crippen LogP contribution < -0.4 is 16.0 Å². The Morgan fingerprint density at radius 1 is 0.842 bits per heavy atom. The predicted octanol–water partition coefficient (Wildman–Crippen LogP) is 5.59. The van der Waals surface area contributed by atoms with Gasteiger partial charge in [-0.05, 0) is 35.4 Å². The lowest BCUT2D eigenvalue weighted by atomic mass is 10.0. The summed E-state index contributed by atoms with van der Waals surface area (Å²) in [6.07, 6.45) is 3.52. The third-order valence-electron chi connectivity index (χ3n) is 6.36. The summed E-state index contributed by atoms with van der Waals surface area (Å²) >= 11 is 6.52. The Kier molecular flexibility index (Phi) is 8.09. The minimum absolute atomic E-state index is 0.211. The van der Waals surface area contributed by atoms with Crippen molar-refractivity contribution < 1.29 is 9.90 Å². The number of nitrogens with one attached hydrogen (secondary N) is 3. The molecule has 3 aromatic carbocycles. The Balaban J connectivity index is 1.10. The van der Waals surface area contributed by atoms with Gasteiger partial charge in [-0.2, -0.15) is 0 Å². The van der Waals surface area contributed by atoms with E-state index in [4.69, 9.17) is 16.6 Å². The highest BCUT2D eigenvalue weighted by atomic mass is 35.5. The maximum Gasteiger partial charge on any atom is 0.335 e. The molecule has 0 amide bonds. The van der Waals surface area contributed by atoms with E-state index in [0.717, 1.165) is 64.1 Å². The number of pyridine rings is 2. The van der Waals surface area contributed by atoms with Crippen LogP contribution in [-0.2, 0) is 6.54 Å². The van der Waals surface area contributed by atoms with E-state index < -0.39 is 5.97 Å². The fraction of sp³-hybridized carbons (Fsp3) is 0.167. The molecule has 2 aromatic heterocycles. The van der Waals surface area contributed by atoms with Gasteiger partial charge in [0.15, 0.2) is 0 Å². The van der Waals surface area contributed by atoms with Crippen LogP contribution in [0.2, 0.25) is 5.02 Å². The molecule has 38 heavy (non-hydrogen) atoms. The number of carboxylic acids is 1. The first-order valence-corrected chi connectivity index (χ1v) is 12.9. The van der Waals surface area contributed by atoms with Crippen LogP contribution in [0.3, 0.4) is 0 Å². The molecule has 0 unspecified atom stereocenters. The summed E-state index contributed by atoms with van der Waals surface area (Å²) in [5.74, 6) is -0.257. The van der Waals surface area contributed by atoms with Crippen molar-refractivity contribution >= 4 is 45.1 Å². The lowest BCUT2D eigenvalue weighted by Crippen LogP contribution is -2.30. The zero-order valence-corrected chi connectivity index (χ0v) is 21.5. The third-order valence-corrected chi connectivity index (χ3v) is 6.68. The van der Waals surface area contributed by atoms with Crippen LogP contribution in [0.15, 0.2) is 85.2 Å². The molecule has 5 rings (SSSR count). The summed E-state index contributed by atoms with van der Waals surface area (Å²) in [4.78, 5) is 20.4. The minimum Gasteiger partial charge on any atom is -0.478 e. The van der Waals surface area contributed by atoms with E-state index in [2.05, 4.69) is 45.2 Å². The SMILES string of the molecule is O=C(O)c1ccc2c(c1)nc(NCCNCCNCc1ccc(-c3ccccc3)c(Cl)c1)c1ccncc12. The van der Waals surface area contributed by atoms with Crippen LogP contribution in [0, 0.1) is 0 Å². The van der Waals surface area contributed by atoms with Gasteiger partial charge in [-0.25, -0.2) is 9.78 Å². The molecule has 0 radical (unpaired) electrons. The summed E-state index contributed by atoms with van der Waals surface area (Å²) < 4.78 is 0. The van der Waals surface area contributed by atoms with Gasteiger partial charge in [0.25, 0.3) is 0 Å². The molecule has 7 nitrogen and oxygen atoms in total. The Hall–Kier alpha value is -4.04. The topological polar surface area (TPSA) is 99.2 Å². The van der Waals surface area contributed by atoms with Gasteiger partial charge in [0.05, 0.1) is 11.1 Å². The monoisotopic (exact) mass is 525 g/mol. The summed E-state index contributed by atoms with van der Waals surface area (Å²) in [7, 11) is 0. The summed E-state index contributed by atoms with van der Waals surface area (Å²) in [5, 5.41) is 23.1. The van der Waals surface area contributed by atoms with Crippen molar-refractivity contribution in [2.45, 2.75) is 6.54 Å². The maximum absolute atomic E-state index is 11.4. The highest BCUT2D eigenvalue weighted by Crippen LogP contribution is 2.30. The maximum atomic E-state index is 11.4. The highest BCUT2D eigenvalue weighted by molar-refractivity contribution is 6.33. The largest absolute Gasteiger partial charge is 0.478 e. The van der Waals surface area contributed by atoms with Crippen LogP contribution in [0.4, 0.5) is 5.82 Å². The molecule has 0 spiro atoms. The van der Waals surface area contributed by atoms with E-state index >= 15 is 0 Å². The number of rotatable bonds is 11. The summed E-state index contributed by atoms with van der Waals surface area (Å²) in [5.41, 5.74) is 4.14. The van der Waals surface area contributed by atoms with Gasteiger partial charge in [-0.1, -0.05) is 60.1 Å².